The van der Waals surface area contributed by atoms with Crippen molar-refractivity contribution in [2.75, 3.05) is 26.2 Å². The molecule has 0 atom stereocenters. The normalized spacial score (nSPS) is 16.3. The minimum absolute atomic E-state index is 0.169. The molecule has 1 heterocycles. The Labute approximate surface area is 178 Å². The summed E-state index contributed by atoms with van der Waals surface area (Å²) < 4.78 is 116. The number of hydrogen-bond donors (Lipinski definition) is 0. The zero-order valence-electron chi connectivity index (χ0n) is 16.0. The van der Waals surface area contributed by atoms with Crippen LogP contribution in [-0.4, -0.2) is 49.7 Å². The topological polar surface area (TPSA) is 57.7 Å². The van der Waals surface area contributed by atoms with Crippen molar-refractivity contribution in [2.24, 2.45) is 0 Å². The third kappa shape index (κ3) is 4.88. The Kier molecular flexibility index (Phi) is 6.26. The highest BCUT2D eigenvalue weighted by molar-refractivity contribution is 7.89. The van der Waals surface area contributed by atoms with Crippen LogP contribution in [-0.2, 0) is 22.4 Å². The average molecular weight is 484 g/mol. The molecule has 2 aromatic carbocycles. The number of hydrogen-bond acceptors (Lipinski definition) is 3. The summed E-state index contributed by atoms with van der Waals surface area (Å²) in [6, 6.07) is 4.75. The lowest BCUT2D eigenvalue weighted by Crippen LogP contribution is -2.50. The first kappa shape index (κ1) is 24.0. The fraction of sp³-hybridized carbons (Fsp3) is 0.316. The van der Waals surface area contributed by atoms with Crippen LogP contribution in [0.15, 0.2) is 47.4 Å². The minimum Gasteiger partial charge on any atom is -0.336 e. The number of halogens is 7. The zero-order chi connectivity index (χ0) is 23.9. The second-order valence-corrected chi connectivity index (χ2v) is 8.85. The van der Waals surface area contributed by atoms with Gasteiger partial charge in [-0.25, -0.2) is 12.8 Å². The molecule has 0 unspecified atom stereocenters. The lowest BCUT2D eigenvalue weighted by Gasteiger charge is -2.34. The molecule has 0 aliphatic carbocycles. The number of nitrogens with zero attached hydrogens (tertiary/aromatic N) is 2. The Morgan fingerprint density at radius 1 is 0.812 bits per heavy atom. The summed E-state index contributed by atoms with van der Waals surface area (Å²) in [5.41, 5.74) is -3.01. The fourth-order valence-corrected chi connectivity index (χ4v) is 4.58. The molecule has 0 spiro atoms. The molecule has 0 N–H and O–H groups in total. The Morgan fingerprint density at radius 2 is 1.38 bits per heavy atom. The highest BCUT2D eigenvalue weighted by Gasteiger charge is 2.36. The molecule has 13 heteroatoms. The summed E-state index contributed by atoms with van der Waals surface area (Å²) in [6.45, 7) is -0.778. The molecule has 5 nitrogen and oxygen atoms in total. The standard InChI is InChI=1S/C19H15F7N2O3S/c20-16-6-1-12(11-15(16)19(24,25)26)17(29)27-7-9-28(10-8-27)32(30,31)14-4-2-13(3-5-14)18(21,22)23/h1-6,11H,7-10H2. The second-order valence-electron chi connectivity index (χ2n) is 6.91. The maximum Gasteiger partial charge on any atom is 0.419 e. The van der Waals surface area contributed by atoms with E-state index in [0.29, 0.717) is 24.3 Å². The van der Waals surface area contributed by atoms with Crippen molar-refractivity contribution in [3.8, 4) is 0 Å². The molecule has 1 aliphatic heterocycles. The highest BCUT2D eigenvalue weighted by Crippen LogP contribution is 2.33. The van der Waals surface area contributed by atoms with Crippen molar-refractivity contribution in [1.29, 1.82) is 0 Å². The van der Waals surface area contributed by atoms with E-state index in [1.165, 1.54) is 0 Å². The molecule has 174 valence electrons. The van der Waals surface area contributed by atoms with Gasteiger partial charge in [0.2, 0.25) is 10.0 Å². The molecule has 0 saturated carbocycles. The maximum atomic E-state index is 13.4. The molecular weight excluding hydrogens is 469 g/mol. The number of benzene rings is 2. The third-order valence-corrected chi connectivity index (χ3v) is 6.78. The van der Waals surface area contributed by atoms with Gasteiger partial charge >= 0.3 is 12.4 Å². The van der Waals surface area contributed by atoms with Gasteiger partial charge < -0.3 is 4.90 Å². The Balaban J connectivity index is 1.71. The van der Waals surface area contributed by atoms with Gasteiger partial charge in [0.05, 0.1) is 16.0 Å². The number of carbonyl (C=O) groups is 1. The van der Waals surface area contributed by atoms with Gasteiger partial charge in [0.1, 0.15) is 5.82 Å². The smallest absolute Gasteiger partial charge is 0.336 e. The van der Waals surface area contributed by atoms with Gasteiger partial charge in [-0.15, -0.1) is 0 Å². The first-order chi connectivity index (χ1) is 14.7. The lowest BCUT2D eigenvalue weighted by molar-refractivity contribution is -0.140. The van der Waals surface area contributed by atoms with Gasteiger partial charge in [0.25, 0.3) is 5.91 Å². The quantitative estimate of drug-likeness (QED) is 0.619. The molecule has 3 rings (SSSR count). The number of rotatable bonds is 3. The van der Waals surface area contributed by atoms with Crippen molar-refractivity contribution in [2.45, 2.75) is 17.2 Å². The maximum absolute atomic E-state index is 13.4. The highest BCUT2D eigenvalue weighted by atomic mass is 32.2. The third-order valence-electron chi connectivity index (χ3n) is 4.86. The van der Waals surface area contributed by atoms with E-state index in [-0.39, 0.29) is 31.1 Å². The Bertz CT molecular complexity index is 1110. The summed E-state index contributed by atoms with van der Waals surface area (Å²) in [5.74, 6) is -2.36. The first-order valence-corrected chi connectivity index (χ1v) is 10.5. The summed E-state index contributed by atoms with van der Waals surface area (Å²) in [5, 5.41) is 0. The van der Waals surface area contributed by atoms with Gasteiger partial charge in [0.15, 0.2) is 0 Å². The molecule has 0 aromatic heterocycles. The van der Waals surface area contributed by atoms with Crippen molar-refractivity contribution < 1.29 is 43.9 Å². The van der Waals surface area contributed by atoms with Crippen molar-refractivity contribution in [1.82, 2.24) is 9.21 Å². The van der Waals surface area contributed by atoms with Crippen molar-refractivity contribution in [3.05, 3.63) is 65.0 Å². The summed E-state index contributed by atoms with van der Waals surface area (Å²) in [4.78, 5) is 13.3. The van der Waals surface area contributed by atoms with Crippen LogP contribution in [0.4, 0.5) is 30.7 Å². The van der Waals surface area contributed by atoms with Crippen LogP contribution < -0.4 is 0 Å². The molecule has 32 heavy (non-hydrogen) atoms. The largest absolute Gasteiger partial charge is 0.419 e. The lowest BCUT2D eigenvalue weighted by atomic mass is 10.1. The molecule has 2 aromatic rings. The van der Waals surface area contributed by atoms with Crippen LogP contribution in [0.3, 0.4) is 0 Å². The van der Waals surface area contributed by atoms with Gasteiger partial charge in [-0.2, -0.15) is 30.6 Å². The Morgan fingerprint density at radius 3 is 1.88 bits per heavy atom. The van der Waals surface area contributed by atoms with Crippen LogP contribution in [0, 0.1) is 5.82 Å². The van der Waals surface area contributed by atoms with Crippen LogP contribution in [0.1, 0.15) is 21.5 Å². The first-order valence-electron chi connectivity index (χ1n) is 9.04. The van der Waals surface area contributed by atoms with E-state index in [9.17, 15) is 43.9 Å². The Hall–Kier alpha value is -2.67. The van der Waals surface area contributed by atoms with Crippen LogP contribution in [0.5, 0.6) is 0 Å². The monoisotopic (exact) mass is 484 g/mol. The van der Waals surface area contributed by atoms with Crippen molar-refractivity contribution >= 4 is 15.9 Å². The van der Waals surface area contributed by atoms with Crippen LogP contribution in [0.2, 0.25) is 0 Å². The summed E-state index contributed by atoms with van der Waals surface area (Å²) >= 11 is 0. The van der Waals surface area contributed by atoms with Gasteiger partial charge in [-0.05, 0) is 42.5 Å². The van der Waals surface area contributed by atoms with Crippen LogP contribution >= 0.6 is 0 Å². The second kappa shape index (κ2) is 8.35. The van der Waals surface area contributed by atoms with Crippen molar-refractivity contribution in [3.63, 3.8) is 0 Å². The molecule has 1 amide bonds. The van der Waals surface area contributed by atoms with E-state index in [1.54, 1.807) is 0 Å². The number of amides is 1. The van der Waals surface area contributed by atoms with E-state index in [2.05, 4.69) is 0 Å². The molecule has 0 bridgehead atoms. The van der Waals surface area contributed by atoms with Gasteiger partial charge in [-0.3, -0.25) is 4.79 Å². The molecule has 1 fully saturated rings. The average Bonchev–Trinajstić information content (AvgIpc) is 2.72. The summed E-state index contributed by atoms with van der Waals surface area (Å²) in [6.07, 6.45) is -9.62. The van der Waals surface area contributed by atoms with Gasteiger partial charge in [0, 0.05) is 31.7 Å². The molecule has 1 saturated heterocycles. The molecule has 0 radical (unpaired) electrons. The number of sulfonamides is 1. The molecular formula is C19H15F7N2O3S. The van der Waals surface area contributed by atoms with E-state index in [0.717, 1.165) is 27.4 Å². The van der Waals surface area contributed by atoms with E-state index in [4.69, 9.17) is 0 Å². The van der Waals surface area contributed by atoms with E-state index < -0.39 is 50.8 Å². The predicted molar refractivity (Wildman–Crippen MR) is 97.5 cm³/mol. The predicted octanol–water partition coefficient (Wildman–Crippen LogP) is 4.01. The SMILES string of the molecule is O=C(c1ccc(F)c(C(F)(F)F)c1)N1CCN(S(=O)(=O)c2ccc(C(F)(F)F)cc2)CC1. The number of alkyl halides is 6. The minimum atomic E-state index is -4.99. The van der Waals surface area contributed by atoms with Gasteiger partial charge in [-0.1, -0.05) is 0 Å². The summed E-state index contributed by atoms with van der Waals surface area (Å²) in [7, 11) is -4.14. The zero-order valence-corrected chi connectivity index (χ0v) is 16.9. The number of piperazine rings is 1. The van der Waals surface area contributed by atoms with E-state index >= 15 is 0 Å². The fourth-order valence-electron chi connectivity index (χ4n) is 3.15. The number of carbonyl (C=O) groups excluding carboxylic acids is 1. The van der Waals surface area contributed by atoms with Crippen LogP contribution in [0.25, 0.3) is 0 Å². The molecule has 1 aliphatic rings. The van der Waals surface area contributed by atoms with E-state index in [1.807, 2.05) is 0 Å².